The molecule has 1 fully saturated rings. The van der Waals surface area contributed by atoms with Crippen LogP contribution >= 0.6 is 15.9 Å². The van der Waals surface area contributed by atoms with E-state index in [4.69, 9.17) is 0 Å². The van der Waals surface area contributed by atoms with Gasteiger partial charge in [0.2, 0.25) is 0 Å². The van der Waals surface area contributed by atoms with Gasteiger partial charge in [0.05, 0.1) is 11.9 Å². The highest BCUT2D eigenvalue weighted by molar-refractivity contribution is 9.10. The fourth-order valence-corrected chi connectivity index (χ4v) is 2.75. The lowest BCUT2D eigenvalue weighted by molar-refractivity contribution is 0.389. The minimum Gasteiger partial charge on any atom is -0.382 e. The molecule has 1 aromatic rings. The largest absolute Gasteiger partial charge is 0.382 e. The van der Waals surface area contributed by atoms with E-state index >= 15 is 0 Å². The predicted molar refractivity (Wildman–Crippen MR) is 80.6 cm³/mol. The molecule has 5 nitrogen and oxygen atoms in total. The van der Waals surface area contributed by atoms with Gasteiger partial charge in [0.25, 0.3) is 5.56 Å². The first-order valence-electron chi connectivity index (χ1n) is 6.92. The van der Waals surface area contributed by atoms with Gasteiger partial charge < -0.3 is 10.6 Å². The number of aryl methyl sites for hydroxylation is 1. The Morgan fingerprint density at radius 2 is 2.26 bits per heavy atom. The first-order valence-corrected chi connectivity index (χ1v) is 7.72. The van der Waals surface area contributed by atoms with Gasteiger partial charge in [-0.25, -0.2) is 4.68 Å². The van der Waals surface area contributed by atoms with Gasteiger partial charge in [0.1, 0.15) is 4.47 Å². The molecule has 0 bridgehead atoms. The van der Waals surface area contributed by atoms with Crippen LogP contribution in [0.25, 0.3) is 0 Å². The van der Waals surface area contributed by atoms with Crippen LogP contribution in [0.3, 0.4) is 0 Å². The van der Waals surface area contributed by atoms with Gasteiger partial charge in [-0.1, -0.05) is 6.92 Å². The summed E-state index contributed by atoms with van der Waals surface area (Å²) in [4.78, 5) is 12.0. The Balaban J connectivity index is 2.00. The molecule has 0 amide bonds. The molecule has 0 aromatic carbocycles. The van der Waals surface area contributed by atoms with Crippen LogP contribution in [0.5, 0.6) is 0 Å². The number of piperidine rings is 1. The van der Waals surface area contributed by atoms with Gasteiger partial charge in [-0.15, -0.1) is 0 Å². The van der Waals surface area contributed by atoms with E-state index in [0.717, 1.165) is 31.7 Å². The number of hydrogen-bond donors (Lipinski definition) is 2. The molecule has 2 rings (SSSR count). The summed E-state index contributed by atoms with van der Waals surface area (Å²) in [5.41, 5.74) is 0.744. The topological polar surface area (TPSA) is 59.0 Å². The third kappa shape index (κ3) is 3.79. The normalized spacial score (nSPS) is 16.5. The van der Waals surface area contributed by atoms with Gasteiger partial charge in [-0.05, 0) is 54.2 Å². The van der Waals surface area contributed by atoms with Crippen LogP contribution in [-0.2, 0) is 6.54 Å². The third-order valence-corrected chi connectivity index (χ3v) is 4.23. The maximum Gasteiger partial charge on any atom is 0.283 e. The Morgan fingerprint density at radius 3 is 2.95 bits per heavy atom. The second-order valence-corrected chi connectivity index (χ2v) is 5.77. The summed E-state index contributed by atoms with van der Waals surface area (Å²) in [5.74, 6) is 0.672. The quantitative estimate of drug-likeness (QED) is 0.865. The standard InChI is InChI=1S/C13H21BrN4O/c1-2-7-18-13(19)12(14)11(9-17-18)16-8-10-3-5-15-6-4-10/h9-10,15-16H,2-8H2,1H3. The first kappa shape index (κ1) is 14.5. The number of aromatic nitrogens is 2. The lowest BCUT2D eigenvalue weighted by atomic mass is 9.98. The van der Waals surface area contributed by atoms with Gasteiger partial charge in [0, 0.05) is 13.1 Å². The maximum atomic E-state index is 12.0. The van der Waals surface area contributed by atoms with E-state index in [0.29, 0.717) is 16.9 Å². The zero-order valence-electron chi connectivity index (χ0n) is 11.3. The highest BCUT2D eigenvalue weighted by Crippen LogP contribution is 2.18. The summed E-state index contributed by atoms with van der Waals surface area (Å²) in [6.07, 6.45) is 5.01. The Morgan fingerprint density at radius 1 is 1.53 bits per heavy atom. The van der Waals surface area contributed by atoms with Crippen molar-refractivity contribution in [2.45, 2.75) is 32.7 Å². The third-order valence-electron chi connectivity index (χ3n) is 3.46. The van der Waals surface area contributed by atoms with E-state index in [1.807, 2.05) is 6.92 Å². The van der Waals surface area contributed by atoms with Crippen LogP contribution < -0.4 is 16.2 Å². The van der Waals surface area contributed by atoms with Crippen LogP contribution in [0.2, 0.25) is 0 Å². The fourth-order valence-electron chi connectivity index (χ4n) is 2.30. The van der Waals surface area contributed by atoms with Crippen LogP contribution in [0.4, 0.5) is 5.69 Å². The zero-order valence-corrected chi connectivity index (χ0v) is 12.9. The number of rotatable bonds is 5. The smallest absolute Gasteiger partial charge is 0.283 e. The molecule has 0 spiro atoms. The molecule has 0 aliphatic carbocycles. The van der Waals surface area contributed by atoms with E-state index in [2.05, 4.69) is 31.7 Å². The Kier molecular flexibility index (Phi) is 5.39. The molecular formula is C13H21BrN4O. The molecule has 0 unspecified atom stereocenters. The van der Waals surface area contributed by atoms with Crippen molar-refractivity contribution in [3.8, 4) is 0 Å². The van der Waals surface area contributed by atoms with Gasteiger partial charge >= 0.3 is 0 Å². The van der Waals surface area contributed by atoms with Crippen molar-refractivity contribution in [1.82, 2.24) is 15.1 Å². The van der Waals surface area contributed by atoms with Crippen molar-refractivity contribution in [2.75, 3.05) is 25.0 Å². The van der Waals surface area contributed by atoms with E-state index in [-0.39, 0.29) is 5.56 Å². The molecular weight excluding hydrogens is 308 g/mol. The van der Waals surface area contributed by atoms with Crippen molar-refractivity contribution < 1.29 is 0 Å². The number of anilines is 1. The van der Waals surface area contributed by atoms with E-state index in [9.17, 15) is 4.79 Å². The maximum absolute atomic E-state index is 12.0. The SMILES string of the molecule is CCCn1ncc(NCC2CCNCC2)c(Br)c1=O. The van der Waals surface area contributed by atoms with Gasteiger partial charge in [-0.3, -0.25) is 4.79 Å². The Bertz CT molecular complexity index is 468. The van der Waals surface area contributed by atoms with Gasteiger partial charge in [-0.2, -0.15) is 5.10 Å². The fraction of sp³-hybridized carbons (Fsp3) is 0.692. The van der Waals surface area contributed by atoms with Crippen molar-refractivity contribution in [3.63, 3.8) is 0 Å². The minimum atomic E-state index is -0.0582. The predicted octanol–water partition coefficient (Wildman–Crippen LogP) is 1.83. The summed E-state index contributed by atoms with van der Waals surface area (Å²) in [7, 11) is 0. The molecule has 2 N–H and O–H groups in total. The second-order valence-electron chi connectivity index (χ2n) is 4.97. The average Bonchev–Trinajstić information content (AvgIpc) is 2.44. The van der Waals surface area contributed by atoms with E-state index in [1.54, 1.807) is 6.20 Å². The van der Waals surface area contributed by atoms with E-state index < -0.39 is 0 Å². The molecule has 1 saturated heterocycles. The van der Waals surface area contributed by atoms with Crippen molar-refractivity contribution in [1.29, 1.82) is 0 Å². The highest BCUT2D eigenvalue weighted by Gasteiger charge is 2.14. The lowest BCUT2D eigenvalue weighted by Crippen LogP contribution is -2.31. The molecule has 6 heteroatoms. The van der Waals surface area contributed by atoms with Gasteiger partial charge in [0.15, 0.2) is 0 Å². The van der Waals surface area contributed by atoms with Crippen LogP contribution in [0.15, 0.2) is 15.5 Å². The molecule has 19 heavy (non-hydrogen) atoms. The summed E-state index contributed by atoms with van der Waals surface area (Å²) >= 11 is 3.38. The lowest BCUT2D eigenvalue weighted by Gasteiger charge is -2.23. The molecule has 0 radical (unpaired) electrons. The molecule has 1 aliphatic heterocycles. The zero-order chi connectivity index (χ0) is 13.7. The number of hydrogen-bond acceptors (Lipinski definition) is 4. The molecule has 106 valence electrons. The molecule has 2 heterocycles. The number of nitrogens with zero attached hydrogens (tertiary/aromatic N) is 2. The van der Waals surface area contributed by atoms with Crippen molar-refractivity contribution in [2.24, 2.45) is 5.92 Å². The number of halogens is 1. The first-order chi connectivity index (χ1) is 9.22. The van der Waals surface area contributed by atoms with Crippen molar-refractivity contribution in [3.05, 3.63) is 21.0 Å². The Labute approximate surface area is 121 Å². The van der Waals surface area contributed by atoms with Crippen molar-refractivity contribution >= 4 is 21.6 Å². The minimum absolute atomic E-state index is 0.0582. The molecule has 0 saturated carbocycles. The highest BCUT2D eigenvalue weighted by atomic mass is 79.9. The van der Waals surface area contributed by atoms with E-state index in [1.165, 1.54) is 17.5 Å². The number of nitrogens with one attached hydrogen (secondary N) is 2. The Hall–Kier alpha value is -0.880. The summed E-state index contributed by atoms with van der Waals surface area (Å²) in [6.45, 7) is 5.77. The second kappa shape index (κ2) is 7.05. The van der Waals surface area contributed by atoms with Crippen LogP contribution in [0.1, 0.15) is 26.2 Å². The summed E-state index contributed by atoms with van der Waals surface area (Å²) < 4.78 is 2.09. The molecule has 1 aromatic heterocycles. The average molecular weight is 329 g/mol. The summed E-state index contributed by atoms with van der Waals surface area (Å²) in [6, 6.07) is 0. The molecule has 1 aliphatic rings. The monoisotopic (exact) mass is 328 g/mol. The summed E-state index contributed by atoms with van der Waals surface area (Å²) in [5, 5.41) is 10.9. The van der Waals surface area contributed by atoms with Crippen LogP contribution in [-0.4, -0.2) is 29.4 Å². The van der Waals surface area contributed by atoms with Crippen LogP contribution in [0, 0.1) is 5.92 Å². The molecule has 0 atom stereocenters.